The Labute approximate surface area is 117 Å². The lowest BCUT2D eigenvalue weighted by Gasteiger charge is -2.22. The van der Waals surface area contributed by atoms with Gasteiger partial charge in [0.25, 0.3) is 5.91 Å². The van der Waals surface area contributed by atoms with E-state index in [1.807, 2.05) is 6.26 Å². The maximum Gasteiger partial charge on any atom is 0.253 e. The summed E-state index contributed by atoms with van der Waals surface area (Å²) in [7, 11) is 1.50. The quantitative estimate of drug-likeness (QED) is 0.682. The Hall–Kier alpha value is -1.40. The molecule has 1 rings (SSSR count). The van der Waals surface area contributed by atoms with E-state index in [0.717, 1.165) is 0 Å². The first-order valence-electron chi connectivity index (χ1n) is 5.83. The molecule has 0 saturated carbocycles. The van der Waals surface area contributed by atoms with Crippen LogP contribution in [0.1, 0.15) is 17.3 Å². The van der Waals surface area contributed by atoms with E-state index >= 15 is 0 Å². The summed E-state index contributed by atoms with van der Waals surface area (Å²) in [6.07, 6.45) is 1.90. The summed E-state index contributed by atoms with van der Waals surface area (Å²) < 4.78 is 5.06. The van der Waals surface area contributed by atoms with E-state index in [4.69, 9.17) is 10.5 Å². The molecular weight excluding hydrogens is 264 g/mol. The first-order valence-corrected chi connectivity index (χ1v) is 7.22. The Balaban J connectivity index is 2.74. The van der Waals surface area contributed by atoms with Crippen LogP contribution < -0.4 is 15.8 Å². The summed E-state index contributed by atoms with van der Waals surface area (Å²) in [6, 6.07) is 5.01. The fourth-order valence-corrected chi connectivity index (χ4v) is 2.37. The standard InChI is InChI=1S/C13H20N2O3S/c1-13(17,8-19-3)7-15-12(16)9-5-4-6-10(18-2)11(9)14/h4-6,17H,7-8,14H2,1-3H3,(H,15,16). The number of hydrogen-bond donors (Lipinski definition) is 3. The number of para-hydroxylation sites is 1. The average Bonchev–Trinajstić information content (AvgIpc) is 2.36. The van der Waals surface area contributed by atoms with Crippen LogP contribution in [0.3, 0.4) is 0 Å². The number of amides is 1. The molecule has 4 N–H and O–H groups in total. The zero-order valence-corrected chi connectivity index (χ0v) is 12.2. The molecule has 1 aromatic carbocycles. The predicted octanol–water partition coefficient (Wildman–Crippen LogP) is 1.12. The Bertz CT molecular complexity index is 450. The van der Waals surface area contributed by atoms with Crippen LogP contribution in [0.5, 0.6) is 5.75 Å². The van der Waals surface area contributed by atoms with Crippen molar-refractivity contribution in [3.63, 3.8) is 0 Å². The van der Waals surface area contributed by atoms with Gasteiger partial charge in [-0.05, 0) is 25.3 Å². The molecular formula is C13H20N2O3S. The molecule has 1 aromatic rings. The van der Waals surface area contributed by atoms with Gasteiger partial charge in [0.2, 0.25) is 0 Å². The van der Waals surface area contributed by atoms with Crippen molar-refractivity contribution in [2.75, 3.05) is 31.4 Å². The maximum atomic E-state index is 12.0. The van der Waals surface area contributed by atoms with Crippen molar-refractivity contribution in [2.45, 2.75) is 12.5 Å². The number of benzene rings is 1. The summed E-state index contributed by atoms with van der Waals surface area (Å²) >= 11 is 1.52. The largest absolute Gasteiger partial charge is 0.495 e. The minimum absolute atomic E-state index is 0.170. The van der Waals surface area contributed by atoms with E-state index in [9.17, 15) is 9.90 Å². The zero-order chi connectivity index (χ0) is 14.5. The van der Waals surface area contributed by atoms with Gasteiger partial charge in [-0.3, -0.25) is 4.79 Å². The molecule has 6 heteroatoms. The van der Waals surface area contributed by atoms with E-state index < -0.39 is 5.60 Å². The second kappa shape index (κ2) is 6.68. The molecule has 0 aliphatic heterocycles. The molecule has 5 nitrogen and oxygen atoms in total. The molecule has 0 aliphatic carbocycles. The second-order valence-electron chi connectivity index (χ2n) is 4.53. The SMILES string of the molecule is COc1cccc(C(=O)NCC(C)(O)CSC)c1N. The van der Waals surface area contributed by atoms with Crippen LogP contribution in [0.4, 0.5) is 5.69 Å². The average molecular weight is 284 g/mol. The number of anilines is 1. The predicted molar refractivity (Wildman–Crippen MR) is 78.7 cm³/mol. The third-order valence-corrected chi connectivity index (χ3v) is 3.53. The van der Waals surface area contributed by atoms with Gasteiger partial charge >= 0.3 is 0 Å². The molecule has 0 radical (unpaired) electrons. The zero-order valence-electron chi connectivity index (χ0n) is 11.4. The lowest BCUT2D eigenvalue weighted by atomic mass is 10.1. The van der Waals surface area contributed by atoms with Crippen LogP contribution in [-0.2, 0) is 0 Å². The molecule has 0 bridgehead atoms. The highest BCUT2D eigenvalue weighted by molar-refractivity contribution is 7.98. The Morgan fingerprint density at radius 3 is 2.84 bits per heavy atom. The van der Waals surface area contributed by atoms with Crippen LogP contribution >= 0.6 is 11.8 Å². The van der Waals surface area contributed by atoms with Crippen molar-refractivity contribution < 1.29 is 14.6 Å². The van der Waals surface area contributed by atoms with E-state index in [2.05, 4.69) is 5.32 Å². The number of nitrogens with two attached hydrogens (primary N) is 1. The van der Waals surface area contributed by atoms with Crippen molar-refractivity contribution in [1.82, 2.24) is 5.32 Å². The molecule has 0 aliphatic rings. The molecule has 19 heavy (non-hydrogen) atoms. The Morgan fingerprint density at radius 2 is 2.26 bits per heavy atom. The minimum atomic E-state index is -0.942. The molecule has 0 aromatic heterocycles. The normalized spacial score (nSPS) is 13.7. The number of ether oxygens (including phenoxy) is 1. The van der Waals surface area contributed by atoms with Gasteiger partial charge in [0.1, 0.15) is 5.75 Å². The van der Waals surface area contributed by atoms with E-state index in [-0.39, 0.29) is 12.5 Å². The molecule has 1 unspecified atom stereocenters. The van der Waals surface area contributed by atoms with E-state index in [0.29, 0.717) is 22.8 Å². The summed E-state index contributed by atoms with van der Waals surface area (Å²) in [6.45, 7) is 1.85. The van der Waals surface area contributed by atoms with Gasteiger partial charge in [-0.15, -0.1) is 0 Å². The van der Waals surface area contributed by atoms with Crippen molar-refractivity contribution in [2.24, 2.45) is 0 Å². The number of rotatable bonds is 6. The summed E-state index contributed by atoms with van der Waals surface area (Å²) in [4.78, 5) is 12.0. The number of carbonyl (C=O) groups excluding carboxylic acids is 1. The lowest BCUT2D eigenvalue weighted by molar-refractivity contribution is 0.0725. The number of carbonyl (C=O) groups is 1. The van der Waals surface area contributed by atoms with Crippen LogP contribution in [0.15, 0.2) is 18.2 Å². The van der Waals surface area contributed by atoms with Gasteiger partial charge < -0.3 is 20.9 Å². The fraction of sp³-hybridized carbons (Fsp3) is 0.462. The van der Waals surface area contributed by atoms with Crippen LogP contribution in [-0.4, -0.2) is 42.3 Å². The first-order chi connectivity index (χ1) is 8.91. The van der Waals surface area contributed by atoms with Crippen molar-refractivity contribution in [1.29, 1.82) is 0 Å². The number of hydrogen-bond acceptors (Lipinski definition) is 5. The maximum absolute atomic E-state index is 12.0. The molecule has 1 amide bonds. The van der Waals surface area contributed by atoms with Gasteiger partial charge in [-0.25, -0.2) is 0 Å². The monoisotopic (exact) mass is 284 g/mol. The van der Waals surface area contributed by atoms with Crippen molar-refractivity contribution in [3.8, 4) is 5.75 Å². The molecule has 0 heterocycles. The first kappa shape index (κ1) is 15.7. The van der Waals surface area contributed by atoms with Gasteiger partial charge in [0.05, 0.1) is 24.0 Å². The number of aliphatic hydroxyl groups is 1. The van der Waals surface area contributed by atoms with Crippen LogP contribution in [0.25, 0.3) is 0 Å². The summed E-state index contributed by atoms with van der Waals surface area (Å²) in [5.41, 5.74) is 5.54. The van der Waals surface area contributed by atoms with Gasteiger partial charge in [0.15, 0.2) is 0 Å². The molecule has 0 saturated heterocycles. The number of methoxy groups -OCH3 is 1. The number of thioether (sulfide) groups is 1. The highest BCUT2D eigenvalue weighted by Crippen LogP contribution is 2.24. The fourth-order valence-electron chi connectivity index (χ4n) is 1.65. The third kappa shape index (κ3) is 4.33. The van der Waals surface area contributed by atoms with Crippen molar-refractivity contribution in [3.05, 3.63) is 23.8 Å². The van der Waals surface area contributed by atoms with Crippen LogP contribution in [0, 0.1) is 0 Å². The number of nitrogen functional groups attached to an aromatic ring is 1. The van der Waals surface area contributed by atoms with Gasteiger partial charge in [-0.1, -0.05) is 6.07 Å². The lowest BCUT2D eigenvalue weighted by Crippen LogP contribution is -2.42. The van der Waals surface area contributed by atoms with Crippen molar-refractivity contribution >= 4 is 23.4 Å². The molecule has 106 valence electrons. The molecule has 1 atom stereocenters. The highest BCUT2D eigenvalue weighted by atomic mass is 32.2. The van der Waals surface area contributed by atoms with Crippen LogP contribution in [0.2, 0.25) is 0 Å². The summed E-state index contributed by atoms with van der Waals surface area (Å²) in [5.74, 6) is 0.683. The number of nitrogens with one attached hydrogen (secondary N) is 1. The highest BCUT2D eigenvalue weighted by Gasteiger charge is 2.21. The third-order valence-electron chi connectivity index (χ3n) is 2.62. The Kier molecular flexibility index (Phi) is 5.50. The second-order valence-corrected chi connectivity index (χ2v) is 5.40. The smallest absolute Gasteiger partial charge is 0.253 e. The van der Waals surface area contributed by atoms with Gasteiger partial charge in [0, 0.05) is 12.3 Å². The van der Waals surface area contributed by atoms with E-state index in [1.54, 1.807) is 25.1 Å². The topological polar surface area (TPSA) is 84.6 Å². The Morgan fingerprint density at radius 1 is 1.58 bits per heavy atom. The minimum Gasteiger partial charge on any atom is -0.495 e. The van der Waals surface area contributed by atoms with E-state index in [1.165, 1.54) is 18.9 Å². The molecule has 0 spiro atoms. The van der Waals surface area contributed by atoms with Gasteiger partial charge in [-0.2, -0.15) is 11.8 Å². The summed E-state index contributed by atoms with van der Waals surface area (Å²) in [5, 5.41) is 12.7. The molecule has 0 fully saturated rings.